The van der Waals surface area contributed by atoms with Gasteiger partial charge in [0.2, 0.25) is 0 Å². The van der Waals surface area contributed by atoms with Crippen molar-refractivity contribution in [3.05, 3.63) is 97.2 Å². The summed E-state index contributed by atoms with van der Waals surface area (Å²) in [6.45, 7) is 4.33. The number of allylic oxidation sites excluding steroid dienone is 16. The van der Waals surface area contributed by atoms with Crippen LogP contribution in [0, 0.1) is 0 Å². The van der Waals surface area contributed by atoms with Gasteiger partial charge in [-0.15, -0.1) is 0 Å². The molecule has 400 valence electrons. The van der Waals surface area contributed by atoms with E-state index in [1.807, 2.05) is 18.2 Å². The van der Waals surface area contributed by atoms with Gasteiger partial charge >= 0.3 is 25.7 Å². The highest BCUT2D eigenvalue weighted by molar-refractivity contribution is 7.47. The molecule has 0 fully saturated rings. The fourth-order valence-electron chi connectivity index (χ4n) is 6.83. The van der Waals surface area contributed by atoms with Crippen LogP contribution in [-0.2, 0) is 42.2 Å². The second-order valence-corrected chi connectivity index (χ2v) is 19.1. The van der Waals surface area contributed by atoms with Gasteiger partial charge < -0.3 is 24.2 Å². The molecule has 0 aromatic heterocycles. The predicted molar refractivity (Wildman–Crippen MR) is 288 cm³/mol. The molecule has 0 rings (SSSR count). The zero-order valence-electron chi connectivity index (χ0n) is 43.9. The number of hydrogen-bond acceptors (Lipinski definition) is 10. The van der Waals surface area contributed by atoms with Crippen LogP contribution in [0.5, 0.6) is 0 Å². The van der Waals surface area contributed by atoms with Gasteiger partial charge in [0.25, 0.3) is 0 Å². The van der Waals surface area contributed by atoms with Gasteiger partial charge in [0.05, 0.1) is 19.8 Å². The number of carbonyl (C=O) groups is 3. The van der Waals surface area contributed by atoms with Gasteiger partial charge in [-0.1, -0.05) is 189 Å². The Morgan fingerprint density at radius 2 is 0.786 bits per heavy atom. The van der Waals surface area contributed by atoms with Crippen LogP contribution in [-0.4, -0.2) is 66.5 Å². The standard InChI is InChI=1S/C58H97O11P/c1-4-7-10-13-16-19-22-24-25-26-27-28-29-31-34-37-40-43-46-49-58(62)69-55(51-65-56(60)47-44-41-38-35-32-21-18-15-12-9-6-3)53-67-70(63,64)66-52-54(50-59)68-57(61)48-45-42-39-36-33-30-23-20-17-14-11-8-5-2/h8,11,15-20,24-25,27-28,30,33,39,42,54-55,59H,4-7,9-10,12-14,21-23,26,29,31-32,34-38,40-41,43-53H2,1-3H3,(H,63,64)/b11-8-,18-15-,19-16-,20-17-,25-24-,28-27-,33-30-,42-39-. The van der Waals surface area contributed by atoms with Gasteiger partial charge in [-0.25, -0.2) is 4.57 Å². The lowest BCUT2D eigenvalue weighted by Gasteiger charge is -2.21. The smallest absolute Gasteiger partial charge is 0.462 e. The van der Waals surface area contributed by atoms with Crippen molar-refractivity contribution >= 4 is 25.7 Å². The molecule has 12 heteroatoms. The molecule has 0 aliphatic carbocycles. The third-order valence-corrected chi connectivity index (χ3v) is 11.9. The van der Waals surface area contributed by atoms with Crippen LogP contribution in [0.3, 0.4) is 0 Å². The monoisotopic (exact) mass is 1000 g/mol. The Morgan fingerprint density at radius 1 is 0.414 bits per heavy atom. The quantitative estimate of drug-likeness (QED) is 0.0197. The number of esters is 3. The number of phosphoric ester groups is 1. The molecular weight excluding hydrogens is 904 g/mol. The van der Waals surface area contributed by atoms with Crippen molar-refractivity contribution in [2.75, 3.05) is 26.4 Å². The Morgan fingerprint density at radius 3 is 1.29 bits per heavy atom. The van der Waals surface area contributed by atoms with E-state index in [9.17, 15) is 28.9 Å². The maximum absolute atomic E-state index is 12.9. The third-order valence-electron chi connectivity index (χ3n) is 11.0. The fourth-order valence-corrected chi connectivity index (χ4v) is 7.61. The number of ether oxygens (including phenoxy) is 3. The number of aliphatic hydroxyl groups is 1. The minimum atomic E-state index is -4.77. The first-order valence-electron chi connectivity index (χ1n) is 27.1. The molecule has 3 unspecified atom stereocenters. The van der Waals surface area contributed by atoms with Crippen LogP contribution in [0.25, 0.3) is 0 Å². The summed E-state index contributed by atoms with van der Waals surface area (Å²) >= 11 is 0. The second kappa shape index (κ2) is 51.7. The van der Waals surface area contributed by atoms with Gasteiger partial charge in [0.1, 0.15) is 12.7 Å². The Balaban J connectivity index is 4.81. The largest absolute Gasteiger partial charge is 0.472 e. The summed E-state index contributed by atoms with van der Waals surface area (Å²) in [7, 11) is -4.77. The van der Waals surface area contributed by atoms with Gasteiger partial charge in [0, 0.05) is 19.3 Å². The second-order valence-electron chi connectivity index (χ2n) is 17.7. The van der Waals surface area contributed by atoms with Crippen molar-refractivity contribution < 1.29 is 52.2 Å². The van der Waals surface area contributed by atoms with Crippen LogP contribution in [0.4, 0.5) is 0 Å². The van der Waals surface area contributed by atoms with E-state index in [1.54, 1.807) is 0 Å². The minimum Gasteiger partial charge on any atom is -0.462 e. The average molecular weight is 1000 g/mol. The summed E-state index contributed by atoms with van der Waals surface area (Å²) in [5, 5.41) is 9.77. The first-order valence-corrected chi connectivity index (χ1v) is 28.6. The SMILES string of the molecule is CC/C=C\C/C=C\C/C=C\C/C=C\CCC(=O)OC(CO)COP(=O)(O)OCC(COC(=O)CCCCCCC/C=C\CCCC)OC(=O)CCCCCCCC/C=C\C/C=C\C/C=C\CCCCC. The molecule has 0 saturated heterocycles. The van der Waals surface area contributed by atoms with Crippen molar-refractivity contribution in [1.29, 1.82) is 0 Å². The Kier molecular flexibility index (Phi) is 49.1. The maximum Gasteiger partial charge on any atom is 0.472 e. The normalized spacial score (nSPS) is 14.2. The predicted octanol–water partition coefficient (Wildman–Crippen LogP) is 15.7. The molecular formula is C58H97O11P. The van der Waals surface area contributed by atoms with Gasteiger partial charge in [-0.2, -0.15) is 0 Å². The van der Waals surface area contributed by atoms with E-state index in [1.165, 1.54) is 38.5 Å². The fraction of sp³-hybridized carbons (Fsp3) is 0.672. The average Bonchev–Trinajstić information content (AvgIpc) is 3.35. The molecule has 0 radical (unpaired) electrons. The zero-order valence-corrected chi connectivity index (χ0v) is 44.8. The molecule has 3 atom stereocenters. The minimum absolute atomic E-state index is 0.0508. The van der Waals surface area contributed by atoms with E-state index < -0.39 is 57.8 Å². The van der Waals surface area contributed by atoms with E-state index in [-0.39, 0.29) is 25.9 Å². The van der Waals surface area contributed by atoms with E-state index in [0.29, 0.717) is 19.3 Å². The van der Waals surface area contributed by atoms with Crippen molar-refractivity contribution in [3.8, 4) is 0 Å². The van der Waals surface area contributed by atoms with Crippen molar-refractivity contribution in [1.82, 2.24) is 0 Å². The molecule has 0 aliphatic heterocycles. The maximum atomic E-state index is 12.9. The van der Waals surface area contributed by atoms with Crippen LogP contribution in [0.1, 0.15) is 213 Å². The molecule has 70 heavy (non-hydrogen) atoms. The Labute approximate surface area is 425 Å². The molecule has 0 bridgehead atoms. The summed E-state index contributed by atoms with van der Waals surface area (Å²) in [6.07, 6.45) is 59.6. The molecule has 0 amide bonds. The molecule has 0 aromatic rings. The molecule has 0 heterocycles. The summed E-state index contributed by atoms with van der Waals surface area (Å²) in [5.74, 6) is -1.59. The number of rotatable bonds is 49. The zero-order chi connectivity index (χ0) is 51.3. The highest BCUT2D eigenvalue weighted by Crippen LogP contribution is 2.43. The number of hydrogen-bond donors (Lipinski definition) is 2. The third kappa shape index (κ3) is 49.4. The van der Waals surface area contributed by atoms with Crippen LogP contribution in [0.2, 0.25) is 0 Å². The summed E-state index contributed by atoms with van der Waals surface area (Å²) in [5.41, 5.74) is 0. The molecule has 0 aromatic carbocycles. The summed E-state index contributed by atoms with van der Waals surface area (Å²) in [4.78, 5) is 48.3. The van der Waals surface area contributed by atoms with E-state index in [0.717, 1.165) is 116 Å². The van der Waals surface area contributed by atoms with Crippen LogP contribution < -0.4 is 0 Å². The number of aliphatic hydroxyl groups excluding tert-OH is 1. The van der Waals surface area contributed by atoms with Crippen molar-refractivity contribution in [3.63, 3.8) is 0 Å². The molecule has 11 nitrogen and oxygen atoms in total. The molecule has 0 saturated carbocycles. The lowest BCUT2D eigenvalue weighted by Crippen LogP contribution is -2.30. The van der Waals surface area contributed by atoms with Gasteiger partial charge in [0.15, 0.2) is 6.10 Å². The Bertz CT molecular complexity index is 1540. The first kappa shape index (κ1) is 66.4. The summed E-state index contributed by atoms with van der Waals surface area (Å²) in [6, 6.07) is 0. The molecule has 2 N–H and O–H groups in total. The van der Waals surface area contributed by atoms with E-state index >= 15 is 0 Å². The van der Waals surface area contributed by atoms with E-state index in [2.05, 4.69) is 99.8 Å². The first-order chi connectivity index (χ1) is 34.2. The number of unbranched alkanes of at least 4 members (excludes halogenated alkanes) is 16. The lowest BCUT2D eigenvalue weighted by molar-refractivity contribution is -0.161. The topological polar surface area (TPSA) is 155 Å². The number of carbonyl (C=O) groups excluding carboxylic acids is 3. The molecule has 0 spiro atoms. The van der Waals surface area contributed by atoms with Crippen molar-refractivity contribution in [2.24, 2.45) is 0 Å². The highest BCUT2D eigenvalue weighted by atomic mass is 31.2. The molecule has 0 aliphatic rings. The van der Waals surface area contributed by atoms with Gasteiger partial charge in [-0.05, 0) is 103 Å². The van der Waals surface area contributed by atoms with E-state index in [4.69, 9.17) is 23.3 Å². The highest BCUT2D eigenvalue weighted by Gasteiger charge is 2.28. The lowest BCUT2D eigenvalue weighted by atomic mass is 10.1. The Hall–Kier alpha value is -3.60. The van der Waals surface area contributed by atoms with Gasteiger partial charge in [-0.3, -0.25) is 23.4 Å². The number of phosphoric acid groups is 1. The van der Waals surface area contributed by atoms with Crippen LogP contribution in [0.15, 0.2) is 97.2 Å². The van der Waals surface area contributed by atoms with Crippen molar-refractivity contribution in [2.45, 2.75) is 226 Å². The van der Waals surface area contributed by atoms with Crippen LogP contribution >= 0.6 is 7.82 Å². The summed E-state index contributed by atoms with van der Waals surface area (Å²) < 4.78 is 39.3.